The van der Waals surface area contributed by atoms with Crippen molar-refractivity contribution in [2.45, 2.75) is 12.8 Å². The van der Waals surface area contributed by atoms with Gasteiger partial charge in [0.1, 0.15) is 5.75 Å². The Morgan fingerprint density at radius 2 is 1.50 bits per heavy atom. The third kappa shape index (κ3) is 4.89. The van der Waals surface area contributed by atoms with Gasteiger partial charge in [-0.25, -0.2) is 0 Å². The van der Waals surface area contributed by atoms with Gasteiger partial charge in [-0.2, -0.15) is 0 Å². The molecule has 1 fully saturated rings. The molecule has 32 heavy (non-hydrogen) atoms. The number of benzene rings is 3. The molecule has 1 heterocycles. The van der Waals surface area contributed by atoms with Gasteiger partial charge in [0, 0.05) is 35.5 Å². The third-order valence-electron chi connectivity index (χ3n) is 5.55. The van der Waals surface area contributed by atoms with Crippen molar-refractivity contribution in [2.24, 2.45) is 0 Å². The van der Waals surface area contributed by atoms with Crippen LogP contribution in [0.4, 0.5) is 5.69 Å². The zero-order chi connectivity index (χ0) is 22.3. The van der Waals surface area contributed by atoms with Crippen molar-refractivity contribution in [3.05, 3.63) is 95.6 Å². The van der Waals surface area contributed by atoms with Gasteiger partial charge in [0.05, 0.1) is 7.11 Å². The van der Waals surface area contributed by atoms with Crippen LogP contribution in [0.25, 0.3) is 11.6 Å². The van der Waals surface area contributed by atoms with Gasteiger partial charge < -0.3 is 15.0 Å². The summed E-state index contributed by atoms with van der Waals surface area (Å²) in [5.41, 5.74) is 3.41. The number of amides is 2. The SMILES string of the molecule is COc1ccccc1/C=C(/C(=O)Nc1ccc(C(=O)N2CCCC2)cc1)c1ccccc1. The smallest absolute Gasteiger partial charge is 0.256 e. The molecule has 3 aromatic rings. The van der Waals surface area contributed by atoms with E-state index in [9.17, 15) is 9.59 Å². The average Bonchev–Trinajstić information content (AvgIpc) is 3.38. The van der Waals surface area contributed by atoms with Crippen molar-refractivity contribution in [3.8, 4) is 5.75 Å². The summed E-state index contributed by atoms with van der Waals surface area (Å²) in [6.45, 7) is 1.62. The zero-order valence-corrected chi connectivity index (χ0v) is 18.1. The second-order valence-corrected chi connectivity index (χ2v) is 7.70. The van der Waals surface area contributed by atoms with Gasteiger partial charge in [0.15, 0.2) is 0 Å². The van der Waals surface area contributed by atoms with Crippen LogP contribution in [0.3, 0.4) is 0 Å². The van der Waals surface area contributed by atoms with E-state index in [2.05, 4.69) is 5.32 Å². The van der Waals surface area contributed by atoms with Gasteiger partial charge in [-0.05, 0) is 54.8 Å². The fourth-order valence-electron chi connectivity index (χ4n) is 3.84. The molecule has 162 valence electrons. The molecule has 5 heteroatoms. The van der Waals surface area contributed by atoms with Crippen LogP contribution in [0.1, 0.15) is 34.3 Å². The van der Waals surface area contributed by atoms with Crippen molar-refractivity contribution in [3.63, 3.8) is 0 Å². The van der Waals surface area contributed by atoms with Crippen LogP contribution < -0.4 is 10.1 Å². The molecule has 0 saturated carbocycles. The molecule has 1 aliphatic heterocycles. The summed E-state index contributed by atoms with van der Waals surface area (Å²) in [4.78, 5) is 27.7. The van der Waals surface area contributed by atoms with E-state index < -0.39 is 0 Å². The third-order valence-corrected chi connectivity index (χ3v) is 5.55. The van der Waals surface area contributed by atoms with E-state index >= 15 is 0 Å². The van der Waals surface area contributed by atoms with Crippen LogP contribution in [-0.2, 0) is 4.79 Å². The first-order chi connectivity index (χ1) is 15.7. The van der Waals surface area contributed by atoms with Crippen molar-refractivity contribution in [2.75, 3.05) is 25.5 Å². The van der Waals surface area contributed by atoms with Crippen molar-refractivity contribution in [1.29, 1.82) is 0 Å². The van der Waals surface area contributed by atoms with Crippen molar-refractivity contribution in [1.82, 2.24) is 4.90 Å². The van der Waals surface area contributed by atoms with Crippen LogP contribution in [0.15, 0.2) is 78.9 Å². The number of likely N-dealkylation sites (tertiary alicyclic amines) is 1. The Kier molecular flexibility index (Phi) is 6.66. The van der Waals surface area contributed by atoms with Crippen LogP contribution in [0.2, 0.25) is 0 Å². The van der Waals surface area contributed by atoms with Crippen molar-refractivity contribution < 1.29 is 14.3 Å². The minimum Gasteiger partial charge on any atom is -0.496 e. The highest BCUT2D eigenvalue weighted by Gasteiger charge is 2.19. The maximum Gasteiger partial charge on any atom is 0.256 e. The van der Waals surface area contributed by atoms with E-state index in [1.807, 2.05) is 65.6 Å². The lowest BCUT2D eigenvalue weighted by atomic mass is 10.0. The average molecular weight is 427 g/mol. The van der Waals surface area contributed by atoms with E-state index in [0.717, 1.165) is 37.1 Å². The lowest BCUT2D eigenvalue weighted by Gasteiger charge is -2.15. The number of carbonyl (C=O) groups is 2. The maximum absolute atomic E-state index is 13.2. The second kappa shape index (κ2) is 9.96. The lowest BCUT2D eigenvalue weighted by Crippen LogP contribution is -2.27. The number of anilines is 1. The van der Waals surface area contributed by atoms with Crippen LogP contribution in [-0.4, -0.2) is 36.9 Å². The fraction of sp³-hybridized carbons (Fsp3) is 0.185. The molecule has 0 atom stereocenters. The molecule has 0 aliphatic carbocycles. The number of rotatable bonds is 6. The molecular weight excluding hydrogens is 400 g/mol. The van der Waals surface area contributed by atoms with E-state index in [-0.39, 0.29) is 11.8 Å². The van der Waals surface area contributed by atoms with Gasteiger partial charge in [-0.1, -0.05) is 48.5 Å². The van der Waals surface area contributed by atoms with Gasteiger partial charge >= 0.3 is 0 Å². The van der Waals surface area contributed by atoms with Crippen molar-refractivity contribution >= 4 is 29.2 Å². The molecule has 2 amide bonds. The fourth-order valence-corrected chi connectivity index (χ4v) is 3.84. The molecule has 3 aromatic carbocycles. The monoisotopic (exact) mass is 426 g/mol. The zero-order valence-electron chi connectivity index (χ0n) is 18.1. The molecular formula is C27H26N2O3. The molecule has 0 radical (unpaired) electrons. The molecule has 1 aliphatic rings. The number of carbonyl (C=O) groups excluding carboxylic acids is 2. The molecule has 0 bridgehead atoms. The summed E-state index contributed by atoms with van der Waals surface area (Å²) in [5.74, 6) is 0.501. The molecule has 0 spiro atoms. The number of hydrogen-bond acceptors (Lipinski definition) is 3. The first kappa shape index (κ1) is 21.4. The first-order valence-electron chi connectivity index (χ1n) is 10.8. The number of methoxy groups -OCH3 is 1. The Morgan fingerprint density at radius 3 is 2.19 bits per heavy atom. The normalized spacial score (nSPS) is 13.7. The summed E-state index contributed by atoms with van der Waals surface area (Å²) in [6.07, 6.45) is 3.94. The summed E-state index contributed by atoms with van der Waals surface area (Å²) in [5, 5.41) is 2.96. The van der Waals surface area contributed by atoms with Gasteiger partial charge in [-0.3, -0.25) is 9.59 Å². The largest absolute Gasteiger partial charge is 0.496 e. The number of nitrogens with zero attached hydrogens (tertiary/aromatic N) is 1. The summed E-state index contributed by atoms with van der Waals surface area (Å²) >= 11 is 0. The Balaban J connectivity index is 1.58. The Hall–Kier alpha value is -3.86. The molecule has 0 aromatic heterocycles. The van der Waals surface area contributed by atoms with E-state index in [4.69, 9.17) is 4.74 Å². The predicted octanol–water partition coefficient (Wildman–Crippen LogP) is 5.11. The van der Waals surface area contributed by atoms with Gasteiger partial charge in [0.2, 0.25) is 0 Å². The standard InChI is InChI=1S/C27H26N2O3/c1-32-25-12-6-5-11-22(25)19-24(20-9-3-2-4-10-20)26(30)28-23-15-13-21(14-16-23)27(31)29-17-7-8-18-29/h2-6,9-16,19H,7-8,17-18H2,1H3,(H,28,30)/b24-19+. The maximum atomic E-state index is 13.2. The molecule has 0 unspecified atom stereocenters. The van der Waals surface area contributed by atoms with E-state index in [1.165, 1.54) is 0 Å². The molecule has 5 nitrogen and oxygen atoms in total. The Bertz CT molecular complexity index is 1120. The minimum absolute atomic E-state index is 0.0430. The highest BCUT2D eigenvalue weighted by molar-refractivity contribution is 6.29. The number of para-hydroxylation sites is 1. The number of ether oxygens (including phenoxy) is 1. The summed E-state index contributed by atoms with van der Waals surface area (Å²) in [7, 11) is 1.61. The van der Waals surface area contributed by atoms with E-state index in [1.54, 1.807) is 31.4 Å². The van der Waals surface area contributed by atoms with Crippen LogP contribution in [0.5, 0.6) is 5.75 Å². The van der Waals surface area contributed by atoms with Crippen LogP contribution >= 0.6 is 0 Å². The quantitative estimate of drug-likeness (QED) is 0.440. The molecule has 4 rings (SSSR count). The summed E-state index contributed by atoms with van der Waals surface area (Å²) < 4.78 is 5.45. The summed E-state index contributed by atoms with van der Waals surface area (Å²) in [6, 6.07) is 24.2. The number of hydrogen-bond donors (Lipinski definition) is 1. The predicted molar refractivity (Wildman–Crippen MR) is 128 cm³/mol. The molecule has 1 N–H and O–H groups in total. The lowest BCUT2D eigenvalue weighted by molar-refractivity contribution is -0.111. The Morgan fingerprint density at radius 1 is 0.844 bits per heavy atom. The highest BCUT2D eigenvalue weighted by Crippen LogP contribution is 2.26. The minimum atomic E-state index is -0.235. The van der Waals surface area contributed by atoms with Gasteiger partial charge in [0.25, 0.3) is 11.8 Å². The Labute approximate surface area is 188 Å². The molecule has 1 saturated heterocycles. The van der Waals surface area contributed by atoms with Crippen LogP contribution in [0, 0.1) is 0 Å². The highest BCUT2D eigenvalue weighted by atomic mass is 16.5. The second-order valence-electron chi connectivity index (χ2n) is 7.70. The number of nitrogens with one attached hydrogen (secondary N) is 1. The van der Waals surface area contributed by atoms with E-state index in [0.29, 0.717) is 22.6 Å². The topological polar surface area (TPSA) is 58.6 Å². The van der Waals surface area contributed by atoms with Gasteiger partial charge in [-0.15, -0.1) is 0 Å². The first-order valence-corrected chi connectivity index (χ1v) is 10.8.